The number of benzene rings is 5. The van der Waals surface area contributed by atoms with Gasteiger partial charge in [-0.1, -0.05) is 0 Å². The summed E-state index contributed by atoms with van der Waals surface area (Å²) < 4.78 is 68.7. The summed E-state index contributed by atoms with van der Waals surface area (Å²) in [4.78, 5) is 16.7. The highest BCUT2D eigenvalue weighted by Crippen LogP contribution is 2.38. The normalized spacial score (nSPS) is 19.4. The fraction of sp³-hybridized carbons (Fsp3) is 0.655. The van der Waals surface area contributed by atoms with Crippen LogP contribution in [0.2, 0.25) is 0 Å². The number of nitrogen functional groups attached to an aromatic ring is 5. The van der Waals surface area contributed by atoms with Gasteiger partial charge in [0.15, 0.2) is 0 Å². The van der Waals surface area contributed by atoms with Crippen LogP contribution in [0.4, 0.5) is 56.9 Å². The van der Waals surface area contributed by atoms with Crippen LogP contribution >= 0.6 is 0 Å². The fourth-order valence-electron chi connectivity index (χ4n) is 15.8. The number of nitrogens with zero attached hydrogens (tertiary/aromatic N) is 12. The van der Waals surface area contributed by atoms with Gasteiger partial charge in [0, 0.05) is 150 Å². The maximum Gasteiger partial charge on any atom is 0.144 e. The van der Waals surface area contributed by atoms with Crippen LogP contribution in [-0.4, -0.2) is 384 Å². The maximum absolute atomic E-state index is 6.09. The zero-order chi connectivity index (χ0) is 81.7. The lowest BCUT2D eigenvalue weighted by Crippen LogP contribution is -2.55. The SMILES string of the molecule is CC(C[N+]1(C)CCCC1)OCCN1CCOc2cc(N)ccc21.C[N+](C)(C)CCOCCN1CCOc2cc(N)ccc21.C[N+]1(C)CCN(CCCOCCN2CCOc3cc(N)ccc32)CC1.C[N+]1(C)CCN(CCOCCN2CCOc3cc(N)ccc32)CC1.C[N+]1(CCOCCN2CCOc3cc(N)ccc32)CCOCC1. The summed E-state index contributed by atoms with van der Waals surface area (Å²) in [6.45, 7) is 43.3. The van der Waals surface area contributed by atoms with Crippen LogP contribution in [-0.2, 0) is 28.4 Å². The molecule has 0 amide bonds. The molecule has 1 atom stereocenters. The smallest absolute Gasteiger partial charge is 0.144 e. The Kier molecular flexibility index (Phi) is 34.7. The number of rotatable bonds is 31. The van der Waals surface area contributed by atoms with Crippen molar-refractivity contribution in [2.24, 2.45) is 0 Å². The van der Waals surface area contributed by atoms with Crippen molar-refractivity contribution in [3.8, 4) is 28.7 Å². The Morgan fingerprint density at radius 2 is 0.678 bits per heavy atom. The summed E-state index contributed by atoms with van der Waals surface area (Å²) in [5.41, 5.74) is 38.4. The second-order valence-corrected chi connectivity index (χ2v) is 35.1. The highest BCUT2D eigenvalue weighted by Gasteiger charge is 2.32. The summed E-state index contributed by atoms with van der Waals surface area (Å²) in [6.07, 6.45) is 4.14. The first-order valence-electron chi connectivity index (χ1n) is 42.7. The lowest BCUT2D eigenvalue weighted by atomic mass is 10.2. The zero-order valence-corrected chi connectivity index (χ0v) is 72.0. The number of hydrogen-bond donors (Lipinski definition) is 5. The molecule has 115 heavy (non-hydrogen) atoms. The monoisotopic (exact) mass is 1610 g/mol. The van der Waals surface area contributed by atoms with Crippen LogP contribution in [0.15, 0.2) is 91.0 Å². The quantitative estimate of drug-likeness (QED) is 0.0183. The summed E-state index contributed by atoms with van der Waals surface area (Å²) in [5, 5.41) is 0. The molecule has 0 bridgehead atoms. The van der Waals surface area contributed by atoms with E-state index in [1.807, 2.05) is 91.0 Å². The third kappa shape index (κ3) is 30.2. The van der Waals surface area contributed by atoms with Crippen molar-refractivity contribution in [2.75, 3.05) is 399 Å². The molecule has 14 rings (SSSR count). The van der Waals surface area contributed by atoms with Gasteiger partial charge in [-0.3, -0.25) is 9.80 Å². The van der Waals surface area contributed by atoms with Crippen LogP contribution in [0.3, 0.4) is 0 Å². The molecule has 28 nitrogen and oxygen atoms in total. The first-order chi connectivity index (χ1) is 55.2. The largest absolute Gasteiger partial charge is 0.489 e. The van der Waals surface area contributed by atoms with Crippen LogP contribution in [0.1, 0.15) is 26.2 Å². The lowest BCUT2D eigenvalue weighted by molar-refractivity contribution is -0.917. The number of ether oxygens (including phenoxy) is 11. The van der Waals surface area contributed by atoms with Crippen molar-refractivity contribution < 1.29 is 74.5 Å². The molecule has 9 aliphatic rings. The van der Waals surface area contributed by atoms with Crippen molar-refractivity contribution in [3.63, 3.8) is 0 Å². The highest BCUT2D eigenvalue weighted by atomic mass is 16.5. The van der Waals surface area contributed by atoms with Gasteiger partial charge in [0.2, 0.25) is 0 Å². The molecule has 9 aliphatic heterocycles. The molecule has 10 N–H and O–H groups in total. The topological polar surface area (TPSA) is 254 Å². The average molecular weight is 1610 g/mol. The van der Waals surface area contributed by atoms with E-state index in [4.69, 9.17) is 80.8 Å². The maximum atomic E-state index is 6.09. The number of nitrogens with two attached hydrogens (primary N) is 5. The molecule has 5 aromatic rings. The Balaban J connectivity index is 0.000000152. The number of likely N-dealkylation sites (tertiary alicyclic amines) is 1. The van der Waals surface area contributed by atoms with Crippen LogP contribution in [0.5, 0.6) is 28.7 Å². The number of morpholine rings is 1. The molecule has 0 saturated carbocycles. The molecule has 0 aromatic heterocycles. The van der Waals surface area contributed by atoms with Crippen molar-refractivity contribution >= 4 is 56.9 Å². The molecule has 642 valence electrons. The molecular formula is C87H148N17O11+5. The van der Waals surface area contributed by atoms with Gasteiger partial charge in [-0.2, -0.15) is 0 Å². The number of anilines is 10. The molecule has 0 aliphatic carbocycles. The van der Waals surface area contributed by atoms with E-state index in [1.165, 1.54) is 82.8 Å². The van der Waals surface area contributed by atoms with Crippen molar-refractivity contribution in [2.45, 2.75) is 32.3 Å². The second kappa shape index (κ2) is 44.4. The van der Waals surface area contributed by atoms with Gasteiger partial charge < -0.3 is 128 Å². The zero-order valence-electron chi connectivity index (χ0n) is 72.0. The first-order valence-corrected chi connectivity index (χ1v) is 42.7. The van der Waals surface area contributed by atoms with E-state index in [2.05, 4.69) is 105 Å². The number of piperazine rings is 2. The third-order valence-electron chi connectivity index (χ3n) is 23.5. The van der Waals surface area contributed by atoms with Crippen molar-refractivity contribution in [3.05, 3.63) is 91.0 Å². The van der Waals surface area contributed by atoms with Gasteiger partial charge in [0.25, 0.3) is 0 Å². The third-order valence-corrected chi connectivity index (χ3v) is 23.5. The minimum Gasteiger partial charge on any atom is -0.489 e. The molecular weight excluding hydrogens is 1460 g/mol. The Hall–Kier alpha value is -7.42. The van der Waals surface area contributed by atoms with Gasteiger partial charge in [0.1, 0.15) is 101 Å². The van der Waals surface area contributed by atoms with Crippen molar-refractivity contribution in [1.29, 1.82) is 0 Å². The molecule has 28 heteroatoms. The number of likely N-dealkylation sites (N-methyl/N-ethyl adjacent to an activating group) is 5. The molecule has 4 saturated heterocycles. The highest BCUT2D eigenvalue weighted by molar-refractivity contribution is 5.69. The van der Waals surface area contributed by atoms with E-state index in [1.54, 1.807) is 0 Å². The Morgan fingerprint density at radius 1 is 0.357 bits per heavy atom. The van der Waals surface area contributed by atoms with Crippen LogP contribution in [0, 0.1) is 0 Å². The standard InChI is InChI=1S/C19H33N4O2.C18H31N4O2.C18H30N3O2.C17H28N3O3.C15H26N3O2/c1-23(2)11-7-21(8-12-23)6-3-13-24-14-9-22-10-15-25-19-16-17(20)4-5-18(19)22;1-22(2)10-5-20(6-11-22)7-12-23-13-8-21-9-14-24-18-15-16(19)3-4-17(18)21;1-15(14-21(2)9-3-4-10-21)22-11-7-20-8-12-23-18-13-16(19)5-6-17(18)20;1-20(7-12-22-13-8-20)6-11-21-9-4-19-5-10-23-17-14-15(18)2-3-16(17)19;1-18(2,3)8-11-19-9-6-17-7-10-20-15-12-13(16)4-5-14(15)17/h4-5,16H,3,6-15,20H2,1-2H3;3-4,15H,5-14,19H2,1-2H3;5-6,13,15H,3-4,7-12,14,19H2,1-2H3;2-3,14H,4-13,18H2,1H3;4-5,12H,6-11,16H2,1-3H3/q5*+1. The van der Waals surface area contributed by atoms with E-state index in [-0.39, 0.29) is 0 Å². The predicted molar refractivity (Wildman–Crippen MR) is 467 cm³/mol. The summed E-state index contributed by atoms with van der Waals surface area (Å²) in [5.74, 6) is 4.41. The predicted octanol–water partition coefficient (Wildman–Crippen LogP) is 6.41. The van der Waals surface area contributed by atoms with Crippen LogP contribution < -0.4 is 76.9 Å². The summed E-state index contributed by atoms with van der Waals surface area (Å²) in [6, 6.07) is 29.3. The number of quaternary nitrogens is 5. The molecule has 5 aromatic carbocycles. The Morgan fingerprint density at radius 3 is 1.04 bits per heavy atom. The Labute approximate surface area is 689 Å². The van der Waals surface area contributed by atoms with E-state index in [9.17, 15) is 0 Å². The van der Waals surface area contributed by atoms with E-state index < -0.39 is 0 Å². The Bertz CT molecular complexity index is 3670. The van der Waals surface area contributed by atoms with Gasteiger partial charge in [-0.05, 0) is 74.0 Å². The van der Waals surface area contributed by atoms with E-state index in [0.717, 1.165) is 294 Å². The first kappa shape index (κ1) is 89.9. The summed E-state index contributed by atoms with van der Waals surface area (Å²) >= 11 is 0. The second-order valence-electron chi connectivity index (χ2n) is 35.1. The van der Waals surface area contributed by atoms with Gasteiger partial charge in [-0.25, -0.2) is 0 Å². The molecule has 0 radical (unpaired) electrons. The van der Waals surface area contributed by atoms with Crippen molar-refractivity contribution in [1.82, 2.24) is 9.80 Å². The van der Waals surface area contributed by atoms with E-state index >= 15 is 0 Å². The number of fused-ring (bicyclic) bond motifs is 5. The molecule has 9 heterocycles. The lowest BCUT2D eigenvalue weighted by Gasteiger charge is -2.39. The molecule has 1 unspecified atom stereocenters. The minimum atomic E-state index is 0.310. The molecule has 4 fully saturated rings. The minimum absolute atomic E-state index is 0.310. The van der Waals surface area contributed by atoms with Gasteiger partial charge >= 0.3 is 0 Å². The van der Waals surface area contributed by atoms with Crippen LogP contribution in [0.25, 0.3) is 0 Å². The summed E-state index contributed by atoms with van der Waals surface area (Å²) in [7, 11) is 20.4. The van der Waals surface area contributed by atoms with Gasteiger partial charge in [-0.15, -0.1) is 0 Å². The fourth-order valence-corrected chi connectivity index (χ4v) is 15.8. The van der Waals surface area contributed by atoms with E-state index in [0.29, 0.717) is 39.1 Å². The van der Waals surface area contributed by atoms with Gasteiger partial charge in [0.05, 0.1) is 230 Å². The molecule has 0 spiro atoms. The number of hydrogen-bond acceptors (Lipinski definition) is 23. The average Bonchev–Trinajstić information content (AvgIpc) is 1.39.